The molecule has 0 unspecified atom stereocenters. The van der Waals surface area contributed by atoms with Gasteiger partial charge in [-0.25, -0.2) is 9.18 Å². The van der Waals surface area contributed by atoms with Crippen LogP contribution < -0.4 is 5.32 Å². The average molecular weight is 406 g/mol. The lowest BCUT2D eigenvalue weighted by molar-refractivity contribution is -0.121. The van der Waals surface area contributed by atoms with E-state index >= 15 is 0 Å². The number of carbonyl (C=O) groups excluding carboxylic acids is 2. The number of hydrogen-bond acceptors (Lipinski definition) is 6. The van der Waals surface area contributed by atoms with E-state index in [4.69, 9.17) is 9.47 Å². The Labute approximate surface area is 167 Å². The van der Waals surface area contributed by atoms with Crippen LogP contribution in [0.15, 0.2) is 29.6 Å². The molecule has 6 nitrogen and oxygen atoms in total. The summed E-state index contributed by atoms with van der Waals surface area (Å²) in [4.78, 5) is 26.9. The summed E-state index contributed by atoms with van der Waals surface area (Å²) in [6.07, 6.45) is 0.128. The first-order valence-corrected chi connectivity index (χ1v) is 9.88. The highest BCUT2D eigenvalue weighted by atomic mass is 32.1. The Hall–Kier alpha value is -2.29. The third-order valence-corrected chi connectivity index (χ3v) is 5.35. The summed E-state index contributed by atoms with van der Waals surface area (Å²) >= 11 is 1.24. The number of methoxy groups -OCH3 is 1. The second-order valence-electron chi connectivity index (χ2n) is 6.85. The molecule has 0 saturated carbocycles. The van der Waals surface area contributed by atoms with Gasteiger partial charge in [0.15, 0.2) is 0 Å². The van der Waals surface area contributed by atoms with Crippen molar-refractivity contribution >= 4 is 28.2 Å². The number of nitrogens with zero attached hydrogens (tertiary/aromatic N) is 1. The quantitative estimate of drug-likeness (QED) is 0.771. The van der Waals surface area contributed by atoms with Gasteiger partial charge < -0.3 is 14.8 Å². The number of rotatable bonds is 5. The van der Waals surface area contributed by atoms with E-state index in [9.17, 15) is 14.0 Å². The molecule has 0 spiro atoms. The molecule has 1 saturated heterocycles. The monoisotopic (exact) mass is 406 g/mol. The van der Waals surface area contributed by atoms with Crippen LogP contribution in [0.25, 0.3) is 11.1 Å². The van der Waals surface area contributed by atoms with E-state index in [2.05, 4.69) is 5.32 Å². The van der Waals surface area contributed by atoms with Crippen LogP contribution >= 0.6 is 11.3 Å². The first-order chi connectivity index (χ1) is 13.4. The molecule has 1 amide bonds. The summed E-state index contributed by atoms with van der Waals surface area (Å²) in [5, 5.41) is 5.01. The van der Waals surface area contributed by atoms with Gasteiger partial charge in [-0.15, -0.1) is 11.3 Å². The molecule has 150 valence electrons. The maximum atomic E-state index is 13.2. The molecule has 28 heavy (non-hydrogen) atoms. The molecule has 1 fully saturated rings. The molecule has 1 aliphatic rings. The molecular formula is C20H23FN2O4S. The van der Waals surface area contributed by atoms with Crippen molar-refractivity contribution in [3.8, 4) is 11.1 Å². The van der Waals surface area contributed by atoms with Gasteiger partial charge in [0.25, 0.3) is 0 Å². The fourth-order valence-electron chi connectivity index (χ4n) is 3.38. The average Bonchev–Trinajstić information content (AvgIpc) is 3.04. The first kappa shape index (κ1) is 20.4. The van der Waals surface area contributed by atoms with Gasteiger partial charge in [0.2, 0.25) is 5.91 Å². The third kappa shape index (κ3) is 4.76. The molecule has 1 aromatic carbocycles. The van der Waals surface area contributed by atoms with Crippen LogP contribution in [-0.2, 0) is 14.3 Å². The Morgan fingerprint density at radius 1 is 1.25 bits per heavy atom. The largest absolute Gasteiger partial charge is 0.465 e. The normalized spacial score (nSPS) is 20.0. The predicted molar refractivity (Wildman–Crippen MR) is 106 cm³/mol. The molecule has 1 N–H and O–H groups in total. The second-order valence-corrected chi connectivity index (χ2v) is 7.73. The minimum Gasteiger partial charge on any atom is -0.465 e. The molecule has 8 heteroatoms. The zero-order valence-corrected chi connectivity index (χ0v) is 16.8. The molecule has 2 heterocycles. The van der Waals surface area contributed by atoms with Crippen LogP contribution in [0.2, 0.25) is 0 Å². The minimum absolute atomic E-state index is 0.0639. The van der Waals surface area contributed by atoms with Gasteiger partial charge in [-0.1, -0.05) is 12.1 Å². The first-order valence-electron chi connectivity index (χ1n) is 9.00. The van der Waals surface area contributed by atoms with E-state index in [1.165, 1.54) is 30.6 Å². The van der Waals surface area contributed by atoms with Gasteiger partial charge in [-0.2, -0.15) is 0 Å². The number of benzene rings is 1. The van der Waals surface area contributed by atoms with E-state index in [1.807, 2.05) is 18.7 Å². The van der Waals surface area contributed by atoms with Crippen molar-refractivity contribution in [1.29, 1.82) is 0 Å². The Morgan fingerprint density at radius 3 is 2.50 bits per heavy atom. The number of amides is 1. The van der Waals surface area contributed by atoms with Crippen molar-refractivity contribution in [2.24, 2.45) is 0 Å². The fraction of sp³-hybridized carbons (Fsp3) is 0.400. The predicted octanol–water partition coefficient (Wildman–Crippen LogP) is 3.39. The Bertz CT molecular complexity index is 842. The fourth-order valence-corrected chi connectivity index (χ4v) is 4.35. The molecule has 2 aromatic rings. The van der Waals surface area contributed by atoms with E-state index in [-0.39, 0.29) is 36.0 Å². The number of ether oxygens (including phenoxy) is 2. The standard InChI is InChI=1S/C20H23FN2O4S/c1-12-8-23(9-13(2)27-12)10-17(24)22-19-18(20(25)26-3)16(11-28-19)14-4-6-15(21)7-5-14/h4-7,11-13H,8-10H2,1-3H3,(H,22,24)/t12-,13+. The van der Waals surface area contributed by atoms with Crippen LogP contribution in [0, 0.1) is 5.82 Å². The molecule has 2 atom stereocenters. The lowest BCUT2D eigenvalue weighted by Gasteiger charge is -2.34. The van der Waals surface area contributed by atoms with Crippen LogP contribution in [0.5, 0.6) is 0 Å². The number of nitrogens with one attached hydrogen (secondary N) is 1. The number of anilines is 1. The second kappa shape index (κ2) is 8.81. The molecule has 0 radical (unpaired) electrons. The molecule has 1 aliphatic heterocycles. The highest BCUT2D eigenvalue weighted by molar-refractivity contribution is 7.15. The van der Waals surface area contributed by atoms with Crippen molar-refractivity contribution < 1.29 is 23.5 Å². The Morgan fingerprint density at radius 2 is 1.89 bits per heavy atom. The van der Waals surface area contributed by atoms with Crippen LogP contribution in [-0.4, -0.2) is 55.7 Å². The zero-order chi connectivity index (χ0) is 20.3. The van der Waals surface area contributed by atoms with Gasteiger partial charge >= 0.3 is 5.97 Å². The topological polar surface area (TPSA) is 67.9 Å². The van der Waals surface area contributed by atoms with Crippen LogP contribution in [0.4, 0.5) is 9.39 Å². The highest BCUT2D eigenvalue weighted by Crippen LogP contribution is 2.36. The van der Waals surface area contributed by atoms with Gasteiger partial charge in [-0.3, -0.25) is 9.69 Å². The Kier molecular flexibility index (Phi) is 6.43. The smallest absolute Gasteiger partial charge is 0.341 e. The summed E-state index contributed by atoms with van der Waals surface area (Å²) in [7, 11) is 1.29. The molecular weight excluding hydrogens is 383 g/mol. The highest BCUT2D eigenvalue weighted by Gasteiger charge is 2.26. The zero-order valence-electron chi connectivity index (χ0n) is 16.0. The van der Waals surface area contributed by atoms with Crippen molar-refractivity contribution in [2.45, 2.75) is 26.1 Å². The van der Waals surface area contributed by atoms with E-state index in [1.54, 1.807) is 17.5 Å². The molecule has 0 aliphatic carbocycles. The summed E-state index contributed by atoms with van der Waals surface area (Å²) < 4.78 is 23.8. The third-order valence-electron chi connectivity index (χ3n) is 4.45. The lowest BCUT2D eigenvalue weighted by atomic mass is 10.0. The van der Waals surface area contributed by atoms with Crippen molar-refractivity contribution in [1.82, 2.24) is 4.90 Å². The molecule has 3 rings (SSSR count). The summed E-state index contributed by atoms with van der Waals surface area (Å²) in [6.45, 7) is 5.51. The maximum absolute atomic E-state index is 13.2. The lowest BCUT2D eigenvalue weighted by Crippen LogP contribution is -2.48. The number of morpholine rings is 1. The van der Waals surface area contributed by atoms with Crippen molar-refractivity contribution in [2.75, 3.05) is 32.1 Å². The Balaban J connectivity index is 1.78. The number of thiophene rings is 1. The van der Waals surface area contributed by atoms with Crippen molar-refractivity contribution in [3.63, 3.8) is 0 Å². The van der Waals surface area contributed by atoms with Crippen molar-refractivity contribution in [3.05, 3.63) is 41.0 Å². The van der Waals surface area contributed by atoms with E-state index in [0.717, 1.165) is 0 Å². The van der Waals surface area contributed by atoms with Crippen LogP contribution in [0.1, 0.15) is 24.2 Å². The van der Waals surface area contributed by atoms with Gasteiger partial charge in [0.1, 0.15) is 16.4 Å². The number of carbonyl (C=O) groups is 2. The van der Waals surface area contributed by atoms with E-state index in [0.29, 0.717) is 29.2 Å². The maximum Gasteiger partial charge on any atom is 0.341 e. The number of hydrogen-bond donors (Lipinski definition) is 1. The van der Waals surface area contributed by atoms with Gasteiger partial charge in [0, 0.05) is 24.0 Å². The minimum atomic E-state index is -0.551. The summed E-state index contributed by atoms with van der Waals surface area (Å²) in [6, 6.07) is 5.83. The summed E-state index contributed by atoms with van der Waals surface area (Å²) in [5.41, 5.74) is 1.55. The number of halogens is 1. The molecule has 0 bridgehead atoms. The van der Waals surface area contributed by atoms with Gasteiger partial charge in [-0.05, 0) is 31.5 Å². The van der Waals surface area contributed by atoms with Crippen LogP contribution in [0.3, 0.4) is 0 Å². The number of esters is 1. The van der Waals surface area contributed by atoms with E-state index < -0.39 is 5.97 Å². The SMILES string of the molecule is COC(=O)c1c(-c2ccc(F)cc2)csc1NC(=O)CN1C[C@@H](C)O[C@@H](C)C1. The van der Waals surface area contributed by atoms with Gasteiger partial charge in [0.05, 0.1) is 25.9 Å². The summed E-state index contributed by atoms with van der Waals surface area (Å²) in [5.74, 6) is -1.12. The molecule has 1 aromatic heterocycles.